The minimum atomic E-state index is -0.440. The normalized spacial score (nSPS) is 10.5. The second-order valence-electron chi connectivity index (χ2n) is 6.07. The Morgan fingerprint density at radius 2 is 1.89 bits per heavy atom. The van der Waals surface area contributed by atoms with E-state index in [-0.39, 0.29) is 11.6 Å². The van der Waals surface area contributed by atoms with E-state index < -0.39 is 4.92 Å². The largest absolute Gasteiger partial charge is 0.280 e. The number of anilines is 1. The number of amides is 1. The topological polar surface area (TPSA) is 76.3 Å². The molecule has 0 N–H and O–H groups in total. The molecule has 0 aliphatic rings. The van der Waals surface area contributed by atoms with Gasteiger partial charge in [-0.15, -0.1) is 17.9 Å². The molecule has 0 radical (unpaired) electrons. The predicted molar refractivity (Wildman–Crippen MR) is 112 cm³/mol. The molecule has 28 heavy (non-hydrogen) atoms. The Balaban J connectivity index is 1.87. The molecule has 7 heteroatoms. The van der Waals surface area contributed by atoms with Crippen molar-refractivity contribution in [2.45, 2.75) is 13.3 Å². The Hall–Kier alpha value is -3.32. The van der Waals surface area contributed by atoms with Gasteiger partial charge in [0.2, 0.25) is 0 Å². The fraction of sp³-hybridized carbons (Fsp3) is 0.143. The second kappa shape index (κ2) is 8.58. The molecule has 0 saturated heterocycles. The van der Waals surface area contributed by atoms with Crippen molar-refractivity contribution in [2.75, 3.05) is 11.4 Å². The number of rotatable bonds is 7. The van der Waals surface area contributed by atoms with E-state index in [9.17, 15) is 14.9 Å². The van der Waals surface area contributed by atoms with Crippen molar-refractivity contribution in [3.8, 4) is 11.3 Å². The number of aromatic nitrogens is 1. The number of aryl methyl sites for hydroxylation is 1. The third-order valence-electron chi connectivity index (χ3n) is 4.26. The van der Waals surface area contributed by atoms with Crippen molar-refractivity contribution in [3.63, 3.8) is 0 Å². The van der Waals surface area contributed by atoms with Crippen LogP contribution in [0.4, 0.5) is 10.8 Å². The standard InChI is InChI=1S/C21H19N3O3S/c1-3-13-23(20(25)17-7-5-15(4-2)6-8-17)21-22-19(14-28-21)16-9-11-18(12-10-16)24(26)27/h3,5-12,14H,1,4,13H2,2H3. The summed E-state index contributed by atoms with van der Waals surface area (Å²) in [6, 6.07) is 13.7. The predicted octanol–water partition coefficient (Wildman–Crippen LogP) is 5.11. The van der Waals surface area contributed by atoms with Gasteiger partial charge in [-0.05, 0) is 36.2 Å². The number of hydrogen-bond acceptors (Lipinski definition) is 5. The maximum atomic E-state index is 13.0. The zero-order valence-corrected chi connectivity index (χ0v) is 16.2. The Labute approximate surface area is 166 Å². The van der Waals surface area contributed by atoms with Crippen LogP contribution in [0.15, 0.2) is 66.6 Å². The van der Waals surface area contributed by atoms with Crippen molar-refractivity contribution >= 4 is 28.1 Å². The zero-order chi connectivity index (χ0) is 20.1. The quantitative estimate of drug-likeness (QED) is 0.317. The van der Waals surface area contributed by atoms with Crippen LogP contribution in [0.3, 0.4) is 0 Å². The van der Waals surface area contributed by atoms with Crippen molar-refractivity contribution in [2.24, 2.45) is 0 Å². The third kappa shape index (κ3) is 4.15. The van der Waals surface area contributed by atoms with Gasteiger partial charge in [-0.1, -0.05) is 25.1 Å². The summed E-state index contributed by atoms with van der Waals surface area (Å²) in [6.07, 6.45) is 2.57. The van der Waals surface area contributed by atoms with Gasteiger partial charge in [0.15, 0.2) is 5.13 Å². The Kier molecular flexibility index (Phi) is 5.96. The van der Waals surface area contributed by atoms with Gasteiger partial charge in [-0.25, -0.2) is 4.98 Å². The van der Waals surface area contributed by atoms with Crippen LogP contribution in [0, 0.1) is 10.1 Å². The van der Waals surface area contributed by atoms with Gasteiger partial charge >= 0.3 is 0 Å². The molecule has 0 fully saturated rings. The molecule has 1 amide bonds. The molecule has 0 unspecified atom stereocenters. The van der Waals surface area contributed by atoms with Crippen molar-refractivity contribution < 1.29 is 9.72 Å². The lowest BCUT2D eigenvalue weighted by Crippen LogP contribution is -2.30. The molecule has 1 aromatic heterocycles. The SMILES string of the molecule is C=CCN(C(=O)c1ccc(CC)cc1)c1nc(-c2ccc([N+](=O)[O-])cc2)cs1. The number of hydrogen-bond donors (Lipinski definition) is 0. The summed E-state index contributed by atoms with van der Waals surface area (Å²) in [6.45, 7) is 6.14. The van der Waals surface area contributed by atoms with Gasteiger partial charge in [0.25, 0.3) is 11.6 Å². The first-order valence-corrected chi connectivity index (χ1v) is 9.63. The molecule has 2 aromatic carbocycles. The Morgan fingerprint density at radius 1 is 1.21 bits per heavy atom. The highest BCUT2D eigenvalue weighted by molar-refractivity contribution is 7.14. The van der Waals surface area contributed by atoms with Gasteiger partial charge in [-0.3, -0.25) is 19.8 Å². The molecular formula is C21H19N3O3S. The number of non-ortho nitro benzene ring substituents is 1. The van der Waals surface area contributed by atoms with Crippen LogP contribution in [0.25, 0.3) is 11.3 Å². The van der Waals surface area contributed by atoms with Crippen molar-refractivity contribution in [3.05, 3.63) is 87.8 Å². The van der Waals surface area contributed by atoms with E-state index in [1.165, 1.54) is 29.0 Å². The lowest BCUT2D eigenvalue weighted by molar-refractivity contribution is -0.384. The van der Waals surface area contributed by atoms with E-state index in [2.05, 4.69) is 18.5 Å². The van der Waals surface area contributed by atoms with E-state index in [4.69, 9.17) is 0 Å². The highest BCUT2D eigenvalue weighted by Crippen LogP contribution is 2.29. The lowest BCUT2D eigenvalue weighted by atomic mass is 10.1. The molecular weight excluding hydrogens is 374 g/mol. The number of thiazole rings is 1. The summed E-state index contributed by atoms with van der Waals surface area (Å²) >= 11 is 1.35. The maximum Gasteiger partial charge on any atom is 0.269 e. The molecule has 1 heterocycles. The Bertz CT molecular complexity index is 994. The van der Waals surface area contributed by atoms with Crippen molar-refractivity contribution in [1.82, 2.24) is 4.98 Å². The van der Waals surface area contributed by atoms with Gasteiger partial charge in [0.1, 0.15) is 0 Å². The number of nitro groups is 1. The first-order chi connectivity index (χ1) is 13.5. The molecule has 6 nitrogen and oxygen atoms in total. The van der Waals surface area contributed by atoms with Crippen LogP contribution in [0.2, 0.25) is 0 Å². The summed E-state index contributed by atoms with van der Waals surface area (Å²) in [7, 11) is 0. The minimum absolute atomic E-state index is 0.0261. The smallest absolute Gasteiger partial charge is 0.269 e. The molecule has 0 atom stereocenters. The average molecular weight is 393 g/mol. The summed E-state index contributed by atoms with van der Waals surface area (Å²) in [4.78, 5) is 29.5. The van der Waals surface area contributed by atoms with Gasteiger partial charge in [-0.2, -0.15) is 0 Å². The van der Waals surface area contributed by atoms with E-state index in [0.717, 1.165) is 12.0 Å². The highest BCUT2D eigenvalue weighted by atomic mass is 32.1. The van der Waals surface area contributed by atoms with Crippen LogP contribution in [-0.2, 0) is 6.42 Å². The molecule has 0 spiro atoms. The Morgan fingerprint density at radius 3 is 2.46 bits per heavy atom. The fourth-order valence-corrected chi connectivity index (χ4v) is 3.53. The number of nitrogens with zero attached hydrogens (tertiary/aromatic N) is 3. The number of carbonyl (C=O) groups excluding carboxylic acids is 1. The summed E-state index contributed by atoms with van der Waals surface area (Å²) in [5, 5.41) is 13.2. The van der Waals surface area contributed by atoms with E-state index in [1.54, 1.807) is 23.1 Å². The fourth-order valence-electron chi connectivity index (χ4n) is 2.69. The third-order valence-corrected chi connectivity index (χ3v) is 5.13. The number of carbonyl (C=O) groups is 1. The van der Waals surface area contributed by atoms with Crippen molar-refractivity contribution in [1.29, 1.82) is 0 Å². The second-order valence-corrected chi connectivity index (χ2v) is 6.91. The van der Waals surface area contributed by atoms with Crippen LogP contribution < -0.4 is 4.90 Å². The molecule has 0 aliphatic carbocycles. The molecule has 3 rings (SSSR count). The maximum absolute atomic E-state index is 13.0. The van der Waals surface area contributed by atoms with E-state index in [1.807, 2.05) is 29.6 Å². The minimum Gasteiger partial charge on any atom is -0.280 e. The van der Waals surface area contributed by atoms with Crippen LogP contribution in [-0.4, -0.2) is 22.4 Å². The van der Waals surface area contributed by atoms with Crippen LogP contribution >= 0.6 is 11.3 Å². The van der Waals surface area contributed by atoms with Gasteiger partial charge in [0.05, 0.1) is 10.6 Å². The average Bonchev–Trinajstić information content (AvgIpc) is 3.21. The first-order valence-electron chi connectivity index (χ1n) is 8.75. The molecule has 0 bridgehead atoms. The monoisotopic (exact) mass is 393 g/mol. The van der Waals surface area contributed by atoms with Crippen LogP contribution in [0.5, 0.6) is 0 Å². The number of benzene rings is 2. The molecule has 0 aliphatic heterocycles. The van der Waals surface area contributed by atoms with Crippen LogP contribution in [0.1, 0.15) is 22.8 Å². The zero-order valence-electron chi connectivity index (χ0n) is 15.4. The lowest BCUT2D eigenvalue weighted by Gasteiger charge is -2.18. The number of nitro benzene ring substituents is 1. The van der Waals surface area contributed by atoms with E-state index in [0.29, 0.717) is 22.9 Å². The summed E-state index contributed by atoms with van der Waals surface area (Å²) in [5.74, 6) is -0.146. The molecule has 3 aromatic rings. The van der Waals surface area contributed by atoms with Gasteiger partial charge in [0, 0.05) is 35.2 Å². The molecule has 0 saturated carbocycles. The van der Waals surface area contributed by atoms with Gasteiger partial charge < -0.3 is 0 Å². The first kappa shape index (κ1) is 19.4. The molecule has 142 valence electrons. The summed E-state index contributed by atoms with van der Waals surface area (Å²) in [5.41, 5.74) is 3.20. The van der Waals surface area contributed by atoms with E-state index >= 15 is 0 Å². The highest BCUT2D eigenvalue weighted by Gasteiger charge is 2.20. The summed E-state index contributed by atoms with van der Waals surface area (Å²) < 4.78 is 0.